The second-order valence-corrected chi connectivity index (χ2v) is 6.83. The molecule has 112 valence electrons. The number of hydrogen-bond acceptors (Lipinski definition) is 4. The number of nitrogens with zero attached hydrogens (tertiary/aromatic N) is 1. The van der Waals surface area contributed by atoms with Gasteiger partial charge < -0.3 is 14.8 Å². The Labute approximate surface area is 125 Å². The van der Waals surface area contributed by atoms with E-state index in [0.717, 1.165) is 23.8 Å². The van der Waals surface area contributed by atoms with Crippen molar-refractivity contribution in [1.29, 1.82) is 0 Å². The van der Waals surface area contributed by atoms with E-state index >= 15 is 0 Å². The van der Waals surface area contributed by atoms with Crippen molar-refractivity contribution in [2.75, 3.05) is 26.4 Å². The Kier molecular flexibility index (Phi) is 2.70. The largest absolute Gasteiger partial charge is 0.454 e. The molecule has 5 rings (SSSR count). The highest BCUT2D eigenvalue weighted by atomic mass is 16.7. The predicted octanol–water partition coefficient (Wildman–Crippen LogP) is 2.09. The number of rotatable bonds is 0. The van der Waals surface area contributed by atoms with Crippen molar-refractivity contribution in [3.05, 3.63) is 23.3 Å². The first-order valence-corrected chi connectivity index (χ1v) is 8.29. The summed E-state index contributed by atoms with van der Waals surface area (Å²) in [5.74, 6) is 2.80. The Morgan fingerprint density at radius 2 is 2.24 bits per heavy atom. The standard InChI is InChI=1S/C17H22N2O2/c1-2-12-9-19-7-5-11-3-4-15-17(21-10-20-15)16(11)14(19)8-13(12)18-6-1/h3-4,12-14,18H,1-2,5-10H2/t12-,13+,14-/m1/s1. The van der Waals surface area contributed by atoms with Crippen LogP contribution in [0, 0.1) is 5.92 Å². The molecule has 0 unspecified atom stereocenters. The molecule has 4 heterocycles. The lowest BCUT2D eigenvalue weighted by Crippen LogP contribution is -2.54. The van der Waals surface area contributed by atoms with Crippen LogP contribution in [0.3, 0.4) is 0 Å². The van der Waals surface area contributed by atoms with Crippen LogP contribution in [0.5, 0.6) is 11.5 Å². The van der Waals surface area contributed by atoms with E-state index in [1.165, 1.54) is 50.0 Å². The molecule has 4 aliphatic rings. The molecule has 0 radical (unpaired) electrons. The molecule has 3 atom stereocenters. The molecule has 4 nitrogen and oxygen atoms in total. The number of benzene rings is 1. The molecule has 0 bridgehead atoms. The Morgan fingerprint density at radius 3 is 3.24 bits per heavy atom. The Bertz CT molecular complexity index is 574. The van der Waals surface area contributed by atoms with Crippen LogP contribution < -0.4 is 14.8 Å². The van der Waals surface area contributed by atoms with Gasteiger partial charge in [0.1, 0.15) is 0 Å². The fraction of sp³-hybridized carbons (Fsp3) is 0.647. The van der Waals surface area contributed by atoms with E-state index in [9.17, 15) is 0 Å². The van der Waals surface area contributed by atoms with Crippen molar-refractivity contribution in [1.82, 2.24) is 10.2 Å². The molecule has 0 aromatic heterocycles. The third-order valence-corrected chi connectivity index (χ3v) is 5.78. The van der Waals surface area contributed by atoms with Gasteiger partial charge in [-0.15, -0.1) is 0 Å². The SMILES string of the molecule is c1cc2c(c3c1CCN1C[C@H]4CCCN[C@H]4C[C@H]31)OCO2. The minimum Gasteiger partial charge on any atom is -0.454 e. The smallest absolute Gasteiger partial charge is 0.231 e. The number of fused-ring (bicyclic) bond motifs is 6. The van der Waals surface area contributed by atoms with Gasteiger partial charge in [-0.2, -0.15) is 0 Å². The van der Waals surface area contributed by atoms with Gasteiger partial charge in [-0.25, -0.2) is 0 Å². The van der Waals surface area contributed by atoms with E-state index in [1.54, 1.807) is 0 Å². The van der Waals surface area contributed by atoms with Crippen LogP contribution in [0.2, 0.25) is 0 Å². The molecule has 4 aliphatic heterocycles. The maximum Gasteiger partial charge on any atom is 0.231 e. The first-order chi connectivity index (χ1) is 10.4. The zero-order valence-corrected chi connectivity index (χ0v) is 12.3. The first-order valence-electron chi connectivity index (χ1n) is 8.29. The lowest BCUT2D eigenvalue weighted by Gasteiger charge is -2.49. The number of ether oxygens (including phenoxy) is 2. The molecule has 2 fully saturated rings. The van der Waals surface area contributed by atoms with Crippen molar-refractivity contribution in [2.45, 2.75) is 37.8 Å². The molecular weight excluding hydrogens is 264 g/mol. The molecule has 0 aliphatic carbocycles. The van der Waals surface area contributed by atoms with Gasteiger partial charge in [0.25, 0.3) is 0 Å². The van der Waals surface area contributed by atoms with Crippen molar-refractivity contribution >= 4 is 0 Å². The summed E-state index contributed by atoms with van der Waals surface area (Å²) >= 11 is 0. The molecule has 2 saturated heterocycles. The molecule has 0 amide bonds. The normalized spacial score (nSPS) is 34.0. The van der Waals surface area contributed by atoms with E-state index in [0.29, 0.717) is 18.9 Å². The molecule has 4 heteroatoms. The monoisotopic (exact) mass is 286 g/mol. The van der Waals surface area contributed by atoms with E-state index < -0.39 is 0 Å². The van der Waals surface area contributed by atoms with E-state index in [2.05, 4.69) is 22.3 Å². The van der Waals surface area contributed by atoms with Crippen LogP contribution in [0.25, 0.3) is 0 Å². The lowest BCUT2D eigenvalue weighted by atomic mass is 9.77. The lowest BCUT2D eigenvalue weighted by molar-refractivity contribution is 0.0534. The average Bonchev–Trinajstić information content (AvgIpc) is 3.01. The van der Waals surface area contributed by atoms with Crippen molar-refractivity contribution in [3.8, 4) is 11.5 Å². The highest BCUT2D eigenvalue weighted by molar-refractivity contribution is 5.54. The Balaban J connectivity index is 1.55. The summed E-state index contributed by atoms with van der Waals surface area (Å²) in [4.78, 5) is 2.69. The zero-order valence-electron chi connectivity index (χ0n) is 12.3. The van der Waals surface area contributed by atoms with Gasteiger partial charge in [-0.05, 0) is 49.8 Å². The zero-order chi connectivity index (χ0) is 13.8. The summed E-state index contributed by atoms with van der Waals surface area (Å²) in [6, 6.07) is 5.53. The van der Waals surface area contributed by atoms with Crippen molar-refractivity contribution in [2.24, 2.45) is 5.92 Å². The van der Waals surface area contributed by atoms with Gasteiger partial charge in [0.05, 0.1) is 0 Å². The summed E-state index contributed by atoms with van der Waals surface area (Å²) in [6.07, 6.45) is 5.09. The summed E-state index contributed by atoms with van der Waals surface area (Å²) in [5.41, 5.74) is 2.89. The van der Waals surface area contributed by atoms with Gasteiger partial charge in [-0.1, -0.05) is 6.07 Å². The molecule has 1 aromatic rings. The summed E-state index contributed by atoms with van der Waals surface area (Å²) in [5, 5.41) is 3.75. The topological polar surface area (TPSA) is 33.7 Å². The quantitative estimate of drug-likeness (QED) is 0.792. The van der Waals surface area contributed by atoms with Crippen molar-refractivity contribution < 1.29 is 9.47 Å². The maximum atomic E-state index is 5.81. The third kappa shape index (κ3) is 1.82. The van der Waals surface area contributed by atoms with Gasteiger partial charge in [-0.3, -0.25) is 4.90 Å². The number of nitrogens with one attached hydrogen (secondary N) is 1. The second-order valence-electron chi connectivity index (χ2n) is 6.83. The first kappa shape index (κ1) is 12.3. The molecular formula is C17H22N2O2. The van der Waals surface area contributed by atoms with Gasteiger partial charge in [0, 0.05) is 30.7 Å². The Morgan fingerprint density at radius 1 is 1.24 bits per heavy atom. The molecule has 1 N–H and O–H groups in total. The van der Waals surface area contributed by atoms with Crippen LogP contribution >= 0.6 is 0 Å². The molecule has 21 heavy (non-hydrogen) atoms. The van der Waals surface area contributed by atoms with E-state index in [1.807, 2.05) is 0 Å². The average molecular weight is 286 g/mol. The molecule has 1 aromatic carbocycles. The van der Waals surface area contributed by atoms with Gasteiger partial charge in [0.2, 0.25) is 6.79 Å². The summed E-state index contributed by atoms with van der Waals surface area (Å²) < 4.78 is 11.4. The van der Waals surface area contributed by atoms with Crippen LogP contribution in [0.4, 0.5) is 0 Å². The highest BCUT2D eigenvalue weighted by Crippen LogP contribution is 2.48. The fourth-order valence-corrected chi connectivity index (χ4v) is 4.76. The fourth-order valence-electron chi connectivity index (χ4n) is 4.76. The summed E-state index contributed by atoms with van der Waals surface area (Å²) in [7, 11) is 0. The highest BCUT2D eigenvalue weighted by Gasteiger charge is 2.41. The number of hydrogen-bond donors (Lipinski definition) is 1. The minimum atomic E-state index is 0.378. The van der Waals surface area contributed by atoms with Gasteiger partial charge >= 0.3 is 0 Å². The number of piperidine rings is 2. The summed E-state index contributed by atoms with van der Waals surface area (Å²) in [6.45, 7) is 4.00. The van der Waals surface area contributed by atoms with Crippen LogP contribution in [0.1, 0.15) is 36.4 Å². The minimum absolute atomic E-state index is 0.378. The van der Waals surface area contributed by atoms with E-state index in [4.69, 9.17) is 9.47 Å². The molecule has 0 saturated carbocycles. The van der Waals surface area contributed by atoms with Crippen LogP contribution in [0.15, 0.2) is 12.1 Å². The van der Waals surface area contributed by atoms with Crippen LogP contribution in [-0.4, -0.2) is 37.4 Å². The van der Waals surface area contributed by atoms with E-state index in [-0.39, 0.29) is 0 Å². The second kappa shape index (κ2) is 4.62. The van der Waals surface area contributed by atoms with Gasteiger partial charge in [0.15, 0.2) is 11.5 Å². The maximum absolute atomic E-state index is 5.81. The predicted molar refractivity (Wildman–Crippen MR) is 79.7 cm³/mol. The third-order valence-electron chi connectivity index (χ3n) is 5.78. The Hall–Kier alpha value is -1.26. The van der Waals surface area contributed by atoms with Crippen LogP contribution in [-0.2, 0) is 6.42 Å². The molecule has 0 spiro atoms. The van der Waals surface area contributed by atoms with Crippen molar-refractivity contribution in [3.63, 3.8) is 0 Å².